The maximum Gasteiger partial charge on any atom is 0.275 e. The second-order valence-corrected chi connectivity index (χ2v) is 5.85. The molecule has 0 aliphatic carbocycles. The highest BCUT2D eigenvalue weighted by Crippen LogP contribution is 2.21. The first-order valence-electron chi connectivity index (χ1n) is 6.74. The number of ether oxygens (including phenoxy) is 1. The minimum atomic E-state index is -0.365. The molecule has 1 amide bonds. The molecule has 0 bridgehead atoms. The van der Waals surface area contributed by atoms with Gasteiger partial charge >= 0.3 is 0 Å². The van der Waals surface area contributed by atoms with Crippen LogP contribution in [0.5, 0.6) is 5.75 Å². The van der Waals surface area contributed by atoms with Crippen LogP contribution in [0.3, 0.4) is 0 Å². The van der Waals surface area contributed by atoms with Crippen LogP contribution in [0.25, 0.3) is 0 Å². The molecule has 2 aromatic rings. The number of methoxy groups -OCH3 is 1. The summed E-state index contributed by atoms with van der Waals surface area (Å²) in [7, 11) is 1.59. The summed E-state index contributed by atoms with van der Waals surface area (Å²) in [5, 5.41) is 3.53. The van der Waals surface area contributed by atoms with E-state index in [0.29, 0.717) is 10.8 Å². The standard InChI is InChI=1S/C15H16ClN3O2S/c1-3-8-22-15-17-9-12(16)13(19-15)14(20)18-10-4-6-11(21-2)7-5-10/h4-7,9H,3,8H2,1-2H3,(H,18,20). The van der Waals surface area contributed by atoms with E-state index in [4.69, 9.17) is 16.3 Å². The number of thioether (sulfide) groups is 1. The molecule has 7 heteroatoms. The van der Waals surface area contributed by atoms with Gasteiger partial charge in [-0.1, -0.05) is 30.3 Å². The largest absolute Gasteiger partial charge is 0.497 e. The zero-order chi connectivity index (χ0) is 15.9. The fourth-order valence-corrected chi connectivity index (χ4v) is 2.48. The third kappa shape index (κ3) is 4.35. The number of hydrogen-bond acceptors (Lipinski definition) is 5. The quantitative estimate of drug-likeness (QED) is 0.640. The summed E-state index contributed by atoms with van der Waals surface area (Å²) in [5.74, 6) is 1.24. The molecule has 0 atom stereocenters. The SMILES string of the molecule is CCCSc1ncc(Cl)c(C(=O)Nc2ccc(OC)cc2)n1. The number of nitrogens with one attached hydrogen (secondary N) is 1. The first-order chi connectivity index (χ1) is 10.6. The van der Waals surface area contributed by atoms with Crippen LogP contribution in [-0.4, -0.2) is 28.7 Å². The summed E-state index contributed by atoms with van der Waals surface area (Å²) >= 11 is 7.52. The van der Waals surface area contributed by atoms with Crippen LogP contribution in [0.4, 0.5) is 5.69 Å². The Morgan fingerprint density at radius 3 is 2.73 bits per heavy atom. The Bertz CT molecular complexity index is 650. The van der Waals surface area contributed by atoms with Gasteiger partial charge in [-0.2, -0.15) is 0 Å². The zero-order valence-corrected chi connectivity index (χ0v) is 13.9. The van der Waals surface area contributed by atoms with Gasteiger partial charge in [-0.05, 0) is 30.7 Å². The van der Waals surface area contributed by atoms with Crippen LogP contribution in [0.2, 0.25) is 5.02 Å². The second kappa shape index (κ2) is 8.00. The Morgan fingerprint density at radius 2 is 2.09 bits per heavy atom. The molecule has 0 aliphatic rings. The summed E-state index contributed by atoms with van der Waals surface area (Å²) in [6, 6.07) is 7.02. The number of amides is 1. The van der Waals surface area contributed by atoms with E-state index in [2.05, 4.69) is 22.2 Å². The topological polar surface area (TPSA) is 64.1 Å². The zero-order valence-electron chi connectivity index (χ0n) is 12.3. The molecule has 116 valence electrons. The minimum Gasteiger partial charge on any atom is -0.497 e. The number of aromatic nitrogens is 2. The predicted octanol–water partition coefficient (Wildman–Crippen LogP) is 3.89. The molecule has 0 unspecified atom stereocenters. The van der Waals surface area contributed by atoms with E-state index >= 15 is 0 Å². The van der Waals surface area contributed by atoms with E-state index in [1.807, 2.05) is 0 Å². The van der Waals surface area contributed by atoms with E-state index < -0.39 is 0 Å². The van der Waals surface area contributed by atoms with Crippen molar-refractivity contribution in [3.05, 3.63) is 41.2 Å². The average molecular weight is 338 g/mol. The van der Waals surface area contributed by atoms with Crippen LogP contribution in [0.15, 0.2) is 35.6 Å². The predicted molar refractivity (Wildman–Crippen MR) is 89.0 cm³/mol. The smallest absolute Gasteiger partial charge is 0.275 e. The molecule has 0 radical (unpaired) electrons. The molecule has 0 spiro atoms. The van der Waals surface area contributed by atoms with Crippen molar-refractivity contribution < 1.29 is 9.53 Å². The van der Waals surface area contributed by atoms with Crippen molar-refractivity contribution in [1.82, 2.24) is 9.97 Å². The Kier molecular flexibility index (Phi) is 6.03. The fourth-order valence-electron chi connectivity index (χ4n) is 1.64. The van der Waals surface area contributed by atoms with Crippen molar-refractivity contribution in [2.75, 3.05) is 18.2 Å². The van der Waals surface area contributed by atoms with E-state index in [1.165, 1.54) is 18.0 Å². The van der Waals surface area contributed by atoms with Crippen LogP contribution < -0.4 is 10.1 Å². The monoisotopic (exact) mass is 337 g/mol. The molecule has 1 aromatic carbocycles. The van der Waals surface area contributed by atoms with Crippen molar-refractivity contribution in [3.63, 3.8) is 0 Å². The number of nitrogens with zero attached hydrogens (tertiary/aromatic N) is 2. The first-order valence-corrected chi connectivity index (χ1v) is 8.11. The molecular formula is C15H16ClN3O2S. The number of halogens is 1. The van der Waals surface area contributed by atoms with Crippen molar-refractivity contribution in [2.24, 2.45) is 0 Å². The lowest BCUT2D eigenvalue weighted by molar-refractivity contribution is 0.102. The van der Waals surface area contributed by atoms with Gasteiger partial charge in [-0.25, -0.2) is 9.97 Å². The van der Waals surface area contributed by atoms with Gasteiger partial charge in [-0.3, -0.25) is 4.79 Å². The van der Waals surface area contributed by atoms with Crippen molar-refractivity contribution in [2.45, 2.75) is 18.5 Å². The third-order valence-corrected chi connectivity index (χ3v) is 4.06. The summed E-state index contributed by atoms with van der Waals surface area (Å²) in [6.07, 6.45) is 2.46. The molecule has 22 heavy (non-hydrogen) atoms. The van der Waals surface area contributed by atoms with Crippen molar-refractivity contribution >= 4 is 35.0 Å². The minimum absolute atomic E-state index is 0.172. The van der Waals surface area contributed by atoms with E-state index in [0.717, 1.165) is 17.9 Å². The summed E-state index contributed by atoms with van der Waals surface area (Å²) in [4.78, 5) is 20.6. The lowest BCUT2D eigenvalue weighted by Gasteiger charge is -2.08. The van der Waals surface area contributed by atoms with Crippen LogP contribution >= 0.6 is 23.4 Å². The highest BCUT2D eigenvalue weighted by molar-refractivity contribution is 7.99. The van der Waals surface area contributed by atoms with Crippen LogP contribution in [0, 0.1) is 0 Å². The molecule has 0 saturated heterocycles. The summed E-state index contributed by atoms with van der Waals surface area (Å²) in [6.45, 7) is 2.07. The Morgan fingerprint density at radius 1 is 1.36 bits per heavy atom. The molecule has 5 nitrogen and oxygen atoms in total. The number of rotatable bonds is 6. The number of anilines is 1. The van der Waals surface area contributed by atoms with Crippen molar-refractivity contribution in [3.8, 4) is 5.75 Å². The molecule has 0 fully saturated rings. The summed E-state index contributed by atoms with van der Waals surface area (Å²) in [5.41, 5.74) is 0.814. The lowest BCUT2D eigenvalue weighted by Crippen LogP contribution is -2.15. The van der Waals surface area contributed by atoms with Gasteiger partial charge in [0, 0.05) is 11.4 Å². The maximum atomic E-state index is 12.3. The van der Waals surface area contributed by atoms with E-state index in [-0.39, 0.29) is 16.6 Å². The molecular weight excluding hydrogens is 322 g/mol. The van der Waals surface area contributed by atoms with Crippen LogP contribution in [0.1, 0.15) is 23.8 Å². The van der Waals surface area contributed by atoms with Gasteiger partial charge in [0.1, 0.15) is 5.75 Å². The maximum absolute atomic E-state index is 12.3. The van der Waals surface area contributed by atoms with Gasteiger partial charge in [-0.15, -0.1) is 0 Å². The molecule has 1 heterocycles. The number of carbonyl (C=O) groups is 1. The third-order valence-electron chi connectivity index (χ3n) is 2.72. The average Bonchev–Trinajstić information content (AvgIpc) is 2.54. The lowest BCUT2D eigenvalue weighted by atomic mass is 10.3. The van der Waals surface area contributed by atoms with Crippen LogP contribution in [-0.2, 0) is 0 Å². The number of carbonyl (C=O) groups excluding carboxylic acids is 1. The highest BCUT2D eigenvalue weighted by Gasteiger charge is 2.14. The van der Waals surface area contributed by atoms with Crippen molar-refractivity contribution in [1.29, 1.82) is 0 Å². The molecule has 1 N–H and O–H groups in total. The van der Waals surface area contributed by atoms with E-state index in [1.54, 1.807) is 31.4 Å². The molecule has 2 rings (SSSR count). The second-order valence-electron chi connectivity index (χ2n) is 4.38. The first kappa shape index (κ1) is 16.6. The van der Waals surface area contributed by atoms with Gasteiger partial charge < -0.3 is 10.1 Å². The molecule has 1 aromatic heterocycles. The Hall–Kier alpha value is -1.79. The highest BCUT2D eigenvalue weighted by atomic mass is 35.5. The fraction of sp³-hybridized carbons (Fsp3) is 0.267. The molecule has 0 saturated carbocycles. The van der Waals surface area contributed by atoms with E-state index in [9.17, 15) is 4.79 Å². The van der Waals surface area contributed by atoms with Gasteiger partial charge in [0.05, 0.1) is 18.3 Å². The van der Waals surface area contributed by atoms with Gasteiger partial charge in [0.25, 0.3) is 5.91 Å². The van der Waals surface area contributed by atoms with Gasteiger partial charge in [0.2, 0.25) is 0 Å². The number of benzene rings is 1. The Labute approximate surface area is 138 Å². The number of hydrogen-bond donors (Lipinski definition) is 1. The summed E-state index contributed by atoms with van der Waals surface area (Å²) < 4.78 is 5.07. The van der Waals surface area contributed by atoms with Gasteiger partial charge in [0.15, 0.2) is 10.9 Å². The Balaban J connectivity index is 2.13. The normalized spacial score (nSPS) is 10.3. The molecule has 0 aliphatic heterocycles.